The molecule has 19 heavy (non-hydrogen) atoms. The molecule has 0 radical (unpaired) electrons. The van der Waals surface area contributed by atoms with Crippen LogP contribution in [0.15, 0.2) is 18.2 Å². The fourth-order valence-corrected chi connectivity index (χ4v) is 2.27. The second-order valence-electron chi connectivity index (χ2n) is 5.21. The molecule has 1 heterocycles. The molecule has 1 fully saturated rings. The maximum Gasteiger partial charge on any atom is 0.261 e. The summed E-state index contributed by atoms with van der Waals surface area (Å²) >= 11 is 0. The predicted molar refractivity (Wildman–Crippen MR) is 75.1 cm³/mol. The van der Waals surface area contributed by atoms with Gasteiger partial charge in [-0.05, 0) is 50.3 Å². The third-order valence-electron chi connectivity index (χ3n) is 3.48. The minimum absolute atomic E-state index is 0.00632. The topological polar surface area (TPSA) is 64.3 Å². The molecule has 4 nitrogen and oxygen atoms in total. The van der Waals surface area contributed by atoms with Crippen molar-refractivity contribution in [3.63, 3.8) is 0 Å². The fraction of sp³-hybridized carbons (Fsp3) is 0.533. The lowest BCUT2D eigenvalue weighted by molar-refractivity contribution is -0.127. The number of nitrogens with one attached hydrogen (secondary N) is 1. The van der Waals surface area contributed by atoms with Crippen LogP contribution >= 0.6 is 0 Å². The Morgan fingerprint density at radius 1 is 1.42 bits per heavy atom. The molecule has 1 saturated heterocycles. The molecule has 2 rings (SSSR count). The fourth-order valence-electron chi connectivity index (χ4n) is 2.27. The van der Waals surface area contributed by atoms with Crippen LogP contribution < -0.4 is 15.8 Å². The van der Waals surface area contributed by atoms with Crippen LogP contribution in [0.2, 0.25) is 0 Å². The van der Waals surface area contributed by atoms with Crippen molar-refractivity contribution >= 4 is 5.91 Å². The van der Waals surface area contributed by atoms with E-state index in [1.165, 1.54) is 0 Å². The molecule has 3 N–H and O–H groups in total. The number of hydrogen-bond acceptors (Lipinski definition) is 3. The smallest absolute Gasteiger partial charge is 0.261 e. The van der Waals surface area contributed by atoms with Gasteiger partial charge in [0.05, 0.1) is 0 Å². The molecule has 0 aromatic heterocycles. The average molecular weight is 262 g/mol. The SMILES string of the molecule is Cc1cc(C(C)N)ccc1OC1CCCCNC1=O. The molecular formula is C15H22N2O2. The first-order valence-corrected chi connectivity index (χ1v) is 6.88. The van der Waals surface area contributed by atoms with Gasteiger partial charge >= 0.3 is 0 Å². The first kappa shape index (κ1) is 13.9. The molecule has 0 spiro atoms. The predicted octanol–water partition coefficient (Wildman–Crippen LogP) is 2.06. The van der Waals surface area contributed by atoms with Gasteiger partial charge in [-0.1, -0.05) is 12.1 Å². The first-order chi connectivity index (χ1) is 9.08. The number of carbonyl (C=O) groups is 1. The van der Waals surface area contributed by atoms with Crippen molar-refractivity contribution in [1.82, 2.24) is 5.32 Å². The molecule has 2 unspecified atom stereocenters. The van der Waals surface area contributed by atoms with Gasteiger partial charge in [0.2, 0.25) is 0 Å². The van der Waals surface area contributed by atoms with Crippen molar-refractivity contribution in [2.45, 2.75) is 45.3 Å². The highest BCUT2D eigenvalue weighted by Gasteiger charge is 2.22. The lowest BCUT2D eigenvalue weighted by Gasteiger charge is -2.18. The summed E-state index contributed by atoms with van der Waals surface area (Å²) in [6.07, 6.45) is 2.44. The van der Waals surface area contributed by atoms with Crippen molar-refractivity contribution in [3.05, 3.63) is 29.3 Å². The Bertz CT molecular complexity index is 457. The van der Waals surface area contributed by atoms with E-state index in [0.29, 0.717) is 0 Å². The second-order valence-corrected chi connectivity index (χ2v) is 5.21. The molecule has 0 saturated carbocycles. The number of nitrogens with two attached hydrogens (primary N) is 1. The molecule has 104 valence electrons. The normalized spacial score (nSPS) is 21.4. The molecule has 0 aliphatic carbocycles. The summed E-state index contributed by atoms with van der Waals surface area (Å²) in [5, 5.41) is 2.88. The van der Waals surface area contributed by atoms with Crippen molar-refractivity contribution in [1.29, 1.82) is 0 Å². The number of aryl methyl sites for hydroxylation is 1. The van der Waals surface area contributed by atoms with E-state index in [-0.39, 0.29) is 18.1 Å². The minimum Gasteiger partial charge on any atom is -0.480 e. The van der Waals surface area contributed by atoms with Gasteiger partial charge in [-0.2, -0.15) is 0 Å². The van der Waals surface area contributed by atoms with Crippen LogP contribution in [-0.2, 0) is 4.79 Å². The van der Waals surface area contributed by atoms with Gasteiger partial charge < -0.3 is 15.8 Å². The Kier molecular flexibility index (Phi) is 4.43. The lowest BCUT2D eigenvalue weighted by Crippen LogP contribution is -2.36. The van der Waals surface area contributed by atoms with E-state index in [0.717, 1.165) is 42.7 Å². The summed E-state index contributed by atoms with van der Waals surface area (Å²) in [6.45, 7) is 4.69. The Hall–Kier alpha value is -1.55. The molecule has 1 aromatic carbocycles. The molecule has 2 atom stereocenters. The van der Waals surface area contributed by atoms with Crippen LogP contribution in [0, 0.1) is 6.92 Å². The Morgan fingerprint density at radius 3 is 2.89 bits per heavy atom. The molecule has 0 bridgehead atoms. The van der Waals surface area contributed by atoms with E-state index in [2.05, 4.69) is 5.32 Å². The largest absolute Gasteiger partial charge is 0.480 e. The highest BCUT2D eigenvalue weighted by Crippen LogP contribution is 2.24. The molecule has 1 aliphatic heterocycles. The number of ether oxygens (including phenoxy) is 1. The van der Waals surface area contributed by atoms with Crippen LogP contribution in [0.4, 0.5) is 0 Å². The van der Waals surface area contributed by atoms with E-state index in [1.807, 2.05) is 32.0 Å². The van der Waals surface area contributed by atoms with Gasteiger partial charge in [0.15, 0.2) is 6.10 Å². The zero-order chi connectivity index (χ0) is 13.8. The summed E-state index contributed by atoms with van der Waals surface area (Å²) in [6, 6.07) is 5.90. The van der Waals surface area contributed by atoms with Crippen LogP contribution in [-0.4, -0.2) is 18.6 Å². The average Bonchev–Trinajstić information content (AvgIpc) is 2.57. The van der Waals surface area contributed by atoms with Gasteiger partial charge in [0.25, 0.3) is 5.91 Å². The zero-order valence-corrected chi connectivity index (χ0v) is 11.6. The lowest BCUT2D eigenvalue weighted by atomic mass is 10.1. The van der Waals surface area contributed by atoms with Gasteiger partial charge in [0.1, 0.15) is 5.75 Å². The number of carbonyl (C=O) groups excluding carboxylic acids is 1. The van der Waals surface area contributed by atoms with Crippen molar-refractivity contribution in [3.8, 4) is 5.75 Å². The molecule has 4 heteroatoms. The monoisotopic (exact) mass is 262 g/mol. The number of amides is 1. The quantitative estimate of drug-likeness (QED) is 0.876. The third-order valence-corrected chi connectivity index (χ3v) is 3.48. The maximum atomic E-state index is 11.8. The number of hydrogen-bond donors (Lipinski definition) is 2. The van der Waals surface area contributed by atoms with Crippen LogP contribution in [0.1, 0.15) is 43.4 Å². The number of benzene rings is 1. The van der Waals surface area contributed by atoms with E-state index < -0.39 is 0 Å². The molecule has 1 aromatic rings. The Balaban J connectivity index is 2.11. The summed E-state index contributed by atoms with van der Waals surface area (Å²) in [7, 11) is 0. The third kappa shape index (κ3) is 3.47. The van der Waals surface area contributed by atoms with Crippen LogP contribution in [0.25, 0.3) is 0 Å². The Labute approximate surface area is 114 Å². The second kappa shape index (κ2) is 6.06. The molecule has 1 amide bonds. The van der Waals surface area contributed by atoms with Gasteiger partial charge in [0, 0.05) is 12.6 Å². The van der Waals surface area contributed by atoms with Crippen molar-refractivity contribution in [2.75, 3.05) is 6.54 Å². The van der Waals surface area contributed by atoms with Crippen molar-refractivity contribution < 1.29 is 9.53 Å². The van der Waals surface area contributed by atoms with Crippen LogP contribution in [0.3, 0.4) is 0 Å². The van der Waals surface area contributed by atoms with E-state index >= 15 is 0 Å². The Morgan fingerprint density at radius 2 is 2.21 bits per heavy atom. The van der Waals surface area contributed by atoms with Gasteiger partial charge in [-0.3, -0.25) is 4.79 Å². The van der Waals surface area contributed by atoms with E-state index in [1.54, 1.807) is 0 Å². The molecule has 1 aliphatic rings. The number of rotatable bonds is 3. The van der Waals surface area contributed by atoms with Gasteiger partial charge in [-0.15, -0.1) is 0 Å². The van der Waals surface area contributed by atoms with E-state index in [4.69, 9.17) is 10.5 Å². The summed E-state index contributed by atoms with van der Waals surface area (Å²) in [5.41, 5.74) is 7.95. The first-order valence-electron chi connectivity index (χ1n) is 6.88. The van der Waals surface area contributed by atoms with Gasteiger partial charge in [-0.25, -0.2) is 0 Å². The standard InChI is InChI=1S/C15H22N2O2/c1-10-9-12(11(2)16)6-7-13(10)19-14-5-3-4-8-17-15(14)18/h6-7,9,11,14H,3-5,8,16H2,1-2H3,(H,17,18). The highest BCUT2D eigenvalue weighted by atomic mass is 16.5. The highest BCUT2D eigenvalue weighted by molar-refractivity contribution is 5.81. The summed E-state index contributed by atoms with van der Waals surface area (Å²) < 4.78 is 5.86. The maximum absolute atomic E-state index is 11.8. The van der Waals surface area contributed by atoms with Crippen LogP contribution in [0.5, 0.6) is 5.75 Å². The minimum atomic E-state index is -0.373. The molecular weight excluding hydrogens is 240 g/mol. The van der Waals surface area contributed by atoms with Crippen molar-refractivity contribution in [2.24, 2.45) is 5.73 Å². The van der Waals surface area contributed by atoms with E-state index in [9.17, 15) is 4.79 Å². The zero-order valence-electron chi connectivity index (χ0n) is 11.6. The summed E-state index contributed by atoms with van der Waals surface area (Å²) in [4.78, 5) is 11.8. The summed E-state index contributed by atoms with van der Waals surface area (Å²) in [5.74, 6) is 0.764.